The number of nitrogens with one attached hydrogen (secondary N) is 1. The van der Waals surface area contributed by atoms with E-state index in [9.17, 15) is 8.42 Å². The number of nitrogens with zero attached hydrogens (tertiary/aromatic N) is 1. The first kappa shape index (κ1) is 20.0. The van der Waals surface area contributed by atoms with E-state index in [1.165, 1.54) is 0 Å². The van der Waals surface area contributed by atoms with Gasteiger partial charge in [-0.3, -0.25) is 9.62 Å². The van der Waals surface area contributed by atoms with Gasteiger partial charge in [-0.05, 0) is 31.5 Å². The quantitative estimate of drug-likeness (QED) is 0.823. The molecule has 1 spiro atoms. The van der Waals surface area contributed by atoms with Crippen molar-refractivity contribution in [1.29, 1.82) is 0 Å². The molecule has 2 aliphatic rings. The van der Waals surface area contributed by atoms with Gasteiger partial charge in [-0.25, -0.2) is 8.42 Å². The zero-order valence-corrected chi connectivity index (χ0v) is 17.6. The largest absolute Gasteiger partial charge is 0.486 e. The lowest BCUT2D eigenvalue weighted by molar-refractivity contribution is -0.0933. The van der Waals surface area contributed by atoms with E-state index in [2.05, 4.69) is 35.6 Å². The van der Waals surface area contributed by atoms with Crippen LogP contribution in [-0.2, 0) is 14.8 Å². The summed E-state index contributed by atoms with van der Waals surface area (Å²) in [5.74, 6) is 1.07. The summed E-state index contributed by atoms with van der Waals surface area (Å²) in [6.45, 7) is 5.64. The van der Waals surface area contributed by atoms with E-state index < -0.39 is 15.6 Å². The van der Waals surface area contributed by atoms with Crippen molar-refractivity contribution in [3.63, 3.8) is 0 Å². The van der Waals surface area contributed by atoms with Crippen LogP contribution in [0.15, 0.2) is 48.5 Å². The summed E-state index contributed by atoms with van der Waals surface area (Å²) in [7, 11) is -3.37. The van der Waals surface area contributed by atoms with Crippen molar-refractivity contribution in [3.8, 4) is 11.5 Å². The Labute approximate surface area is 171 Å². The molecule has 1 N–H and O–H groups in total. The maximum Gasteiger partial charge on any atom is 0.229 e. The van der Waals surface area contributed by atoms with Gasteiger partial charge in [-0.2, -0.15) is 0 Å². The summed E-state index contributed by atoms with van der Waals surface area (Å²) < 4.78 is 44.1. The van der Waals surface area contributed by atoms with Gasteiger partial charge in [0.05, 0.1) is 11.9 Å². The van der Waals surface area contributed by atoms with Crippen LogP contribution in [0.3, 0.4) is 0 Å². The summed E-state index contributed by atoms with van der Waals surface area (Å²) >= 11 is 0. The van der Waals surface area contributed by atoms with Crippen LogP contribution < -0.4 is 14.2 Å². The first-order valence-electron chi connectivity index (χ1n) is 9.61. The number of ether oxygens (including phenoxy) is 3. The topological polar surface area (TPSA) is 77.1 Å². The van der Waals surface area contributed by atoms with Gasteiger partial charge in [0, 0.05) is 18.7 Å². The lowest BCUT2D eigenvalue weighted by atomic mass is 10.1. The fourth-order valence-corrected chi connectivity index (χ4v) is 4.28. The van der Waals surface area contributed by atoms with E-state index >= 15 is 0 Å². The van der Waals surface area contributed by atoms with Crippen molar-refractivity contribution in [2.45, 2.75) is 31.7 Å². The monoisotopic (exact) mass is 418 g/mol. The average Bonchev–Trinajstić information content (AvgIpc) is 2.96. The Bertz CT molecular complexity index is 980. The van der Waals surface area contributed by atoms with Crippen molar-refractivity contribution >= 4 is 15.7 Å². The molecule has 2 heterocycles. The lowest BCUT2D eigenvalue weighted by Gasteiger charge is -2.26. The number of benzene rings is 2. The van der Waals surface area contributed by atoms with Crippen molar-refractivity contribution in [2.24, 2.45) is 0 Å². The highest BCUT2D eigenvalue weighted by Gasteiger charge is 2.49. The van der Waals surface area contributed by atoms with E-state index in [0.29, 0.717) is 36.9 Å². The number of hydrogen-bond donors (Lipinski definition) is 1. The SMILES string of the molecule is CC(C)N1CC2(COc3ccc(NS(C)(=O)=O)cc3OC2)OC1c1ccccc1. The van der Waals surface area contributed by atoms with Crippen molar-refractivity contribution < 1.29 is 22.6 Å². The normalized spacial score (nSPS) is 24.6. The molecule has 0 radical (unpaired) electrons. The highest BCUT2D eigenvalue weighted by Crippen LogP contribution is 2.42. The molecule has 156 valence electrons. The Kier molecular flexibility index (Phi) is 5.18. The van der Waals surface area contributed by atoms with E-state index in [1.54, 1.807) is 18.2 Å². The van der Waals surface area contributed by atoms with Gasteiger partial charge in [-0.15, -0.1) is 0 Å². The first-order chi connectivity index (χ1) is 13.7. The van der Waals surface area contributed by atoms with Gasteiger partial charge in [0.1, 0.15) is 19.4 Å². The molecule has 1 saturated heterocycles. The summed E-state index contributed by atoms with van der Waals surface area (Å²) in [4.78, 5) is 2.30. The second-order valence-corrected chi connectivity index (χ2v) is 9.69. The van der Waals surface area contributed by atoms with Crippen molar-refractivity contribution in [1.82, 2.24) is 4.90 Å². The van der Waals surface area contributed by atoms with Crippen LogP contribution in [0.4, 0.5) is 5.69 Å². The third-order valence-corrected chi connectivity index (χ3v) is 5.72. The zero-order valence-electron chi connectivity index (χ0n) is 16.8. The Morgan fingerprint density at radius 1 is 1.07 bits per heavy atom. The van der Waals surface area contributed by atoms with E-state index in [0.717, 1.165) is 11.8 Å². The molecule has 2 aromatic rings. The highest BCUT2D eigenvalue weighted by molar-refractivity contribution is 7.92. The minimum absolute atomic E-state index is 0.174. The van der Waals surface area contributed by atoms with Crippen LogP contribution in [0, 0.1) is 0 Å². The molecule has 2 aromatic carbocycles. The van der Waals surface area contributed by atoms with Crippen LogP contribution in [-0.4, -0.2) is 51.0 Å². The molecule has 29 heavy (non-hydrogen) atoms. The van der Waals surface area contributed by atoms with Crippen LogP contribution in [0.2, 0.25) is 0 Å². The molecular formula is C21H26N2O5S. The Morgan fingerprint density at radius 2 is 1.76 bits per heavy atom. The van der Waals surface area contributed by atoms with Gasteiger partial charge >= 0.3 is 0 Å². The minimum Gasteiger partial charge on any atom is -0.486 e. The first-order valence-corrected chi connectivity index (χ1v) is 11.5. The molecular weight excluding hydrogens is 392 g/mol. The summed E-state index contributed by atoms with van der Waals surface area (Å²) in [6.07, 6.45) is 0.939. The number of hydrogen-bond acceptors (Lipinski definition) is 6. The smallest absolute Gasteiger partial charge is 0.229 e. The Hall–Kier alpha value is -2.29. The number of sulfonamides is 1. The van der Waals surface area contributed by atoms with Gasteiger partial charge in [0.15, 0.2) is 17.1 Å². The Balaban J connectivity index is 1.57. The van der Waals surface area contributed by atoms with Crippen LogP contribution in [0.1, 0.15) is 25.6 Å². The molecule has 7 nitrogen and oxygen atoms in total. The molecule has 0 bridgehead atoms. The van der Waals surface area contributed by atoms with Crippen LogP contribution in [0.5, 0.6) is 11.5 Å². The van der Waals surface area contributed by atoms with Crippen LogP contribution in [0.25, 0.3) is 0 Å². The number of fused-ring (bicyclic) bond motifs is 1. The van der Waals surface area contributed by atoms with E-state index in [4.69, 9.17) is 14.2 Å². The molecule has 0 aromatic heterocycles. The molecule has 8 heteroatoms. The predicted octanol–water partition coefficient (Wildman–Crippen LogP) is 3.01. The Morgan fingerprint density at radius 3 is 2.41 bits per heavy atom. The molecule has 0 amide bonds. The maximum atomic E-state index is 11.5. The average molecular weight is 419 g/mol. The summed E-state index contributed by atoms with van der Waals surface area (Å²) in [6, 6.07) is 15.4. The highest BCUT2D eigenvalue weighted by atomic mass is 32.2. The fourth-order valence-electron chi connectivity index (χ4n) is 3.73. The third-order valence-electron chi connectivity index (χ3n) is 5.11. The molecule has 2 atom stereocenters. The van der Waals surface area contributed by atoms with Gasteiger partial charge in [-0.1, -0.05) is 30.3 Å². The molecule has 1 fully saturated rings. The van der Waals surface area contributed by atoms with Crippen LogP contribution >= 0.6 is 0 Å². The number of anilines is 1. The van der Waals surface area contributed by atoms with Crippen molar-refractivity contribution in [3.05, 3.63) is 54.1 Å². The van der Waals surface area contributed by atoms with Gasteiger partial charge < -0.3 is 14.2 Å². The van der Waals surface area contributed by atoms with E-state index in [-0.39, 0.29) is 12.3 Å². The molecule has 0 aliphatic carbocycles. The van der Waals surface area contributed by atoms with Gasteiger partial charge in [0.2, 0.25) is 10.0 Å². The summed E-state index contributed by atoms with van der Waals surface area (Å²) in [5, 5.41) is 0. The maximum absolute atomic E-state index is 11.5. The minimum atomic E-state index is -3.37. The summed E-state index contributed by atoms with van der Waals surface area (Å²) in [5.41, 5.74) is 0.914. The fraction of sp³-hybridized carbons (Fsp3) is 0.429. The predicted molar refractivity (Wildman–Crippen MR) is 111 cm³/mol. The molecule has 4 rings (SSSR count). The van der Waals surface area contributed by atoms with Crippen molar-refractivity contribution in [2.75, 3.05) is 30.7 Å². The van der Waals surface area contributed by atoms with Gasteiger partial charge in [0.25, 0.3) is 0 Å². The lowest BCUT2D eigenvalue weighted by Crippen LogP contribution is -2.45. The second kappa shape index (κ2) is 7.51. The van der Waals surface area contributed by atoms with E-state index in [1.807, 2.05) is 18.2 Å². The molecule has 2 aliphatic heterocycles. The zero-order chi connectivity index (χ0) is 20.6. The second-order valence-electron chi connectivity index (χ2n) is 7.94. The standard InChI is InChI=1S/C21H26N2O5S/c1-15(2)23-12-21(28-20(23)16-7-5-4-6-8-16)13-26-18-10-9-17(22-29(3,24)25)11-19(18)27-14-21/h4-11,15,20,22H,12-14H2,1-3H3. The third kappa shape index (κ3) is 4.34. The molecule has 2 unspecified atom stereocenters. The molecule has 0 saturated carbocycles. The number of rotatable bonds is 4.